The lowest BCUT2D eigenvalue weighted by molar-refractivity contribution is 0.663. The van der Waals surface area contributed by atoms with Crippen molar-refractivity contribution in [2.75, 3.05) is 0 Å². The first-order chi connectivity index (χ1) is 24.8. The van der Waals surface area contributed by atoms with Crippen molar-refractivity contribution in [1.29, 1.82) is 0 Å². The van der Waals surface area contributed by atoms with E-state index in [1.54, 1.807) is 0 Å². The van der Waals surface area contributed by atoms with Crippen LogP contribution in [0.15, 0.2) is 167 Å². The monoisotopic (exact) mass is 642 g/mol. The van der Waals surface area contributed by atoms with Crippen LogP contribution in [-0.2, 0) is 0 Å². The number of fused-ring (bicyclic) bond motifs is 6. The van der Waals surface area contributed by atoms with E-state index >= 15 is 0 Å². The molecule has 0 fully saturated rings. The Hall–Kier alpha value is -6.92. The van der Waals surface area contributed by atoms with Gasteiger partial charge in [-0.25, -0.2) is 19.9 Å². The van der Waals surface area contributed by atoms with Gasteiger partial charge in [0.15, 0.2) is 17.2 Å². The highest BCUT2D eigenvalue weighted by Gasteiger charge is 2.23. The fourth-order valence-corrected chi connectivity index (χ4v) is 6.80. The fourth-order valence-electron chi connectivity index (χ4n) is 6.80. The zero-order valence-corrected chi connectivity index (χ0v) is 26.6. The van der Waals surface area contributed by atoms with E-state index in [-0.39, 0.29) is 0 Å². The van der Waals surface area contributed by atoms with E-state index < -0.39 is 0 Å². The second-order valence-corrected chi connectivity index (χ2v) is 12.2. The predicted molar refractivity (Wildman–Crippen MR) is 199 cm³/mol. The van der Waals surface area contributed by atoms with Crippen molar-refractivity contribution in [3.63, 3.8) is 0 Å². The first-order valence-electron chi connectivity index (χ1n) is 16.5. The van der Waals surface area contributed by atoms with Crippen molar-refractivity contribution in [2.45, 2.75) is 0 Å². The Bertz CT molecular complexity index is 2800. The number of furan rings is 2. The van der Waals surface area contributed by atoms with E-state index in [4.69, 9.17) is 28.8 Å². The van der Waals surface area contributed by atoms with Crippen LogP contribution in [0.25, 0.3) is 101 Å². The quantitative estimate of drug-likeness (QED) is 0.186. The van der Waals surface area contributed by atoms with Crippen LogP contribution in [0.5, 0.6) is 0 Å². The van der Waals surface area contributed by atoms with Gasteiger partial charge in [-0.3, -0.25) is 0 Å². The molecule has 0 spiro atoms. The molecular formula is C44H26N4O2. The lowest BCUT2D eigenvalue weighted by Crippen LogP contribution is -1.96. The van der Waals surface area contributed by atoms with Gasteiger partial charge < -0.3 is 8.83 Å². The zero-order valence-electron chi connectivity index (χ0n) is 26.6. The van der Waals surface area contributed by atoms with Crippen molar-refractivity contribution in [3.8, 4) is 56.5 Å². The molecule has 6 nitrogen and oxygen atoms in total. The van der Waals surface area contributed by atoms with Gasteiger partial charge in [-0.15, -0.1) is 0 Å². The Morgan fingerprint density at radius 3 is 1.70 bits per heavy atom. The van der Waals surface area contributed by atoms with Crippen LogP contribution in [0.1, 0.15) is 0 Å². The van der Waals surface area contributed by atoms with Crippen LogP contribution in [0.4, 0.5) is 0 Å². The Kier molecular flexibility index (Phi) is 6.39. The number of aromatic nitrogens is 4. The molecule has 0 aliphatic carbocycles. The molecule has 50 heavy (non-hydrogen) atoms. The Labute approximate surface area is 286 Å². The number of benzene rings is 6. The summed E-state index contributed by atoms with van der Waals surface area (Å²) in [7, 11) is 0. The Morgan fingerprint density at radius 1 is 0.380 bits per heavy atom. The first-order valence-corrected chi connectivity index (χ1v) is 16.5. The third-order valence-electron chi connectivity index (χ3n) is 9.13. The van der Waals surface area contributed by atoms with Crippen molar-refractivity contribution >= 4 is 44.0 Å². The largest absolute Gasteiger partial charge is 0.455 e. The molecule has 0 aliphatic rings. The molecule has 0 unspecified atom stereocenters. The molecule has 234 valence electrons. The molecule has 10 rings (SSSR count). The molecule has 0 radical (unpaired) electrons. The maximum absolute atomic E-state index is 6.75. The van der Waals surface area contributed by atoms with E-state index in [0.717, 1.165) is 77.6 Å². The normalized spacial score (nSPS) is 11.6. The second kappa shape index (κ2) is 11.4. The van der Waals surface area contributed by atoms with Gasteiger partial charge in [0.25, 0.3) is 0 Å². The van der Waals surface area contributed by atoms with Crippen molar-refractivity contribution < 1.29 is 8.83 Å². The predicted octanol–water partition coefficient (Wildman–Crippen LogP) is 11.4. The Balaban J connectivity index is 1.23. The minimum atomic E-state index is 0.620. The lowest BCUT2D eigenvalue weighted by Gasteiger charge is -2.10. The van der Waals surface area contributed by atoms with Gasteiger partial charge in [0.1, 0.15) is 28.0 Å². The Morgan fingerprint density at radius 2 is 0.940 bits per heavy atom. The summed E-state index contributed by atoms with van der Waals surface area (Å²) < 4.78 is 13.2. The molecule has 0 aliphatic heterocycles. The fraction of sp³-hybridized carbons (Fsp3) is 0. The number of rotatable bonds is 5. The maximum Gasteiger partial charge on any atom is 0.180 e. The first kappa shape index (κ1) is 28.1. The standard InChI is InChI=1S/C44H26N4O2/c1-4-14-27(15-5-1)34-26-35(46-43(45-34)28-16-6-2-7-17-28)30-21-13-25-37-38(30)32-22-12-23-33(41(32)50-37)40-42-39(31-20-10-11-24-36(31)49-42)47-44(48-40)29-18-8-3-9-19-29/h1-26H. The highest BCUT2D eigenvalue weighted by molar-refractivity contribution is 6.17. The van der Waals surface area contributed by atoms with E-state index in [1.807, 2.05) is 127 Å². The summed E-state index contributed by atoms with van der Waals surface area (Å²) in [5, 5.41) is 2.87. The van der Waals surface area contributed by atoms with Gasteiger partial charge in [-0.1, -0.05) is 127 Å². The van der Waals surface area contributed by atoms with Gasteiger partial charge >= 0.3 is 0 Å². The van der Waals surface area contributed by atoms with E-state index in [2.05, 4.69) is 30.3 Å². The summed E-state index contributed by atoms with van der Waals surface area (Å²) in [6.45, 7) is 0. The minimum absolute atomic E-state index is 0.620. The molecule has 0 saturated carbocycles. The van der Waals surface area contributed by atoms with Gasteiger partial charge in [0.05, 0.1) is 11.4 Å². The summed E-state index contributed by atoms with van der Waals surface area (Å²) in [6, 6.07) is 52.7. The number of hydrogen-bond donors (Lipinski definition) is 0. The average Bonchev–Trinajstić information content (AvgIpc) is 3.77. The van der Waals surface area contributed by atoms with Crippen LogP contribution in [0.2, 0.25) is 0 Å². The van der Waals surface area contributed by atoms with Gasteiger partial charge in [-0.05, 0) is 30.3 Å². The lowest BCUT2D eigenvalue weighted by atomic mass is 9.99. The number of hydrogen-bond acceptors (Lipinski definition) is 6. The molecule has 0 atom stereocenters. The highest BCUT2D eigenvalue weighted by Crippen LogP contribution is 2.43. The van der Waals surface area contributed by atoms with Crippen LogP contribution in [-0.4, -0.2) is 19.9 Å². The average molecular weight is 643 g/mol. The molecule has 0 amide bonds. The third kappa shape index (κ3) is 4.58. The van der Waals surface area contributed by atoms with Gasteiger partial charge in [0, 0.05) is 44.0 Å². The van der Waals surface area contributed by atoms with E-state index in [1.165, 1.54) is 0 Å². The molecule has 4 heterocycles. The van der Waals surface area contributed by atoms with Crippen molar-refractivity contribution in [1.82, 2.24) is 19.9 Å². The summed E-state index contributed by atoms with van der Waals surface area (Å²) in [5.74, 6) is 1.28. The molecule has 10 aromatic rings. The van der Waals surface area contributed by atoms with Gasteiger partial charge in [0.2, 0.25) is 0 Å². The topological polar surface area (TPSA) is 77.8 Å². The number of nitrogens with zero attached hydrogens (tertiary/aromatic N) is 4. The smallest absolute Gasteiger partial charge is 0.180 e. The molecule has 0 N–H and O–H groups in total. The summed E-state index contributed by atoms with van der Waals surface area (Å²) >= 11 is 0. The SMILES string of the molecule is c1ccc(-c2cc(-c3cccc4oc5c(-c6nc(-c7ccccc7)nc7c6oc6ccccc67)cccc5c34)nc(-c3ccccc3)n2)cc1. The molecule has 6 aromatic carbocycles. The van der Waals surface area contributed by atoms with Crippen molar-refractivity contribution in [2.24, 2.45) is 0 Å². The molecule has 0 saturated heterocycles. The van der Waals surface area contributed by atoms with Crippen LogP contribution < -0.4 is 0 Å². The van der Waals surface area contributed by atoms with Crippen molar-refractivity contribution in [3.05, 3.63) is 158 Å². The highest BCUT2D eigenvalue weighted by atomic mass is 16.3. The number of para-hydroxylation sites is 2. The zero-order chi connectivity index (χ0) is 33.0. The third-order valence-corrected chi connectivity index (χ3v) is 9.13. The van der Waals surface area contributed by atoms with Crippen LogP contribution >= 0.6 is 0 Å². The summed E-state index contributed by atoms with van der Waals surface area (Å²) in [6.07, 6.45) is 0. The summed E-state index contributed by atoms with van der Waals surface area (Å²) in [4.78, 5) is 20.3. The molecule has 0 bridgehead atoms. The van der Waals surface area contributed by atoms with Crippen LogP contribution in [0, 0.1) is 0 Å². The minimum Gasteiger partial charge on any atom is -0.455 e. The maximum atomic E-state index is 6.75. The van der Waals surface area contributed by atoms with E-state index in [0.29, 0.717) is 22.9 Å². The van der Waals surface area contributed by atoms with E-state index in [9.17, 15) is 0 Å². The van der Waals surface area contributed by atoms with Crippen LogP contribution in [0.3, 0.4) is 0 Å². The molecule has 4 aromatic heterocycles. The second-order valence-electron chi connectivity index (χ2n) is 12.2. The molecular weight excluding hydrogens is 617 g/mol. The van der Waals surface area contributed by atoms with Gasteiger partial charge in [-0.2, -0.15) is 0 Å². The molecule has 6 heteroatoms. The summed E-state index contributed by atoms with van der Waals surface area (Å²) in [5.41, 5.74) is 10.6.